The third-order valence-electron chi connectivity index (χ3n) is 1.88. The summed E-state index contributed by atoms with van der Waals surface area (Å²) in [4.78, 5) is 10.8. The van der Waals surface area contributed by atoms with Gasteiger partial charge < -0.3 is 9.47 Å². The van der Waals surface area contributed by atoms with Crippen LogP contribution in [0.25, 0.3) is 0 Å². The summed E-state index contributed by atoms with van der Waals surface area (Å²) in [6.45, 7) is 10.8. The second kappa shape index (κ2) is 7.94. The number of Topliss-reactive ketones (excluding diaryl/α,β-unsaturated/α-hetero) is 1. The van der Waals surface area contributed by atoms with Crippen LogP contribution in [-0.2, 0) is 14.3 Å². The Labute approximate surface area is 86.8 Å². The molecule has 1 aliphatic heterocycles. The lowest BCUT2D eigenvalue weighted by Gasteiger charge is -2.09. The van der Waals surface area contributed by atoms with Gasteiger partial charge in [0.2, 0.25) is 0 Å². The van der Waals surface area contributed by atoms with Crippen molar-refractivity contribution in [3.63, 3.8) is 0 Å². The summed E-state index contributed by atoms with van der Waals surface area (Å²) in [6, 6.07) is 0. The maximum Gasteiger partial charge on any atom is 0.137 e. The largest absolute Gasteiger partial charge is 0.377 e. The Kier molecular flexibility index (Phi) is 7.71. The molecule has 1 rings (SSSR count). The normalized spacial score (nSPS) is 16.4. The smallest absolute Gasteiger partial charge is 0.137 e. The zero-order valence-electron chi connectivity index (χ0n) is 9.71. The molecule has 0 bridgehead atoms. The highest BCUT2D eigenvalue weighted by atomic mass is 16.6. The van der Waals surface area contributed by atoms with Crippen LogP contribution < -0.4 is 0 Å². The first-order valence-electron chi connectivity index (χ1n) is 5.25. The van der Waals surface area contributed by atoms with Crippen LogP contribution in [0.2, 0.25) is 0 Å². The van der Waals surface area contributed by atoms with Crippen molar-refractivity contribution < 1.29 is 14.3 Å². The van der Waals surface area contributed by atoms with E-state index in [1.807, 2.05) is 27.7 Å². The molecule has 1 heterocycles. The van der Waals surface area contributed by atoms with Crippen LogP contribution >= 0.6 is 0 Å². The van der Waals surface area contributed by atoms with Crippen molar-refractivity contribution >= 4 is 5.78 Å². The van der Waals surface area contributed by atoms with Crippen molar-refractivity contribution in [1.82, 2.24) is 0 Å². The summed E-state index contributed by atoms with van der Waals surface area (Å²) in [6.07, 6.45) is 0. The summed E-state index contributed by atoms with van der Waals surface area (Å²) in [5.41, 5.74) is 0. The lowest BCUT2D eigenvalue weighted by molar-refractivity contribution is -0.124. The molecule has 0 atom stereocenters. The van der Waals surface area contributed by atoms with E-state index in [-0.39, 0.29) is 11.8 Å². The van der Waals surface area contributed by atoms with E-state index in [4.69, 9.17) is 9.47 Å². The number of rotatable bonds is 2. The Morgan fingerprint density at radius 2 is 1.14 bits per heavy atom. The minimum Gasteiger partial charge on any atom is -0.377 e. The maximum atomic E-state index is 10.8. The fourth-order valence-corrected chi connectivity index (χ4v) is 1.11. The first-order chi connectivity index (χ1) is 6.55. The highest BCUT2D eigenvalue weighted by Crippen LogP contribution is 2.03. The third-order valence-corrected chi connectivity index (χ3v) is 1.88. The average molecular weight is 202 g/mol. The molecule has 3 heteroatoms. The van der Waals surface area contributed by atoms with E-state index < -0.39 is 0 Å². The standard InChI is InChI=1S/C7H14O.C4H8O2/c1-5(2)7(8)6(3)4;1-2-6-4-3-5-1/h5-6H,1-4H3;1-4H2. The molecule has 0 aliphatic carbocycles. The minimum absolute atomic E-state index is 0.204. The average Bonchev–Trinajstić information content (AvgIpc) is 2.20. The summed E-state index contributed by atoms with van der Waals surface area (Å²) in [5, 5.41) is 0. The fraction of sp³-hybridized carbons (Fsp3) is 0.909. The van der Waals surface area contributed by atoms with Gasteiger partial charge in [0.25, 0.3) is 0 Å². The lowest BCUT2D eigenvalue weighted by Crippen LogP contribution is -2.16. The van der Waals surface area contributed by atoms with Crippen LogP contribution in [0.4, 0.5) is 0 Å². The molecule has 3 nitrogen and oxygen atoms in total. The van der Waals surface area contributed by atoms with E-state index >= 15 is 0 Å². The van der Waals surface area contributed by atoms with Gasteiger partial charge in [0.1, 0.15) is 5.78 Å². The molecule has 0 unspecified atom stereocenters. The van der Waals surface area contributed by atoms with Gasteiger partial charge in [0.05, 0.1) is 26.4 Å². The maximum absolute atomic E-state index is 10.8. The van der Waals surface area contributed by atoms with E-state index in [2.05, 4.69) is 0 Å². The Morgan fingerprint density at radius 3 is 1.21 bits per heavy atom. The van der Waals surface area contributed by atoms with Crippen molar-refractivity contribution in [2.45, 2.75) is 27.7 Å². The second-order valence-corrected chi connectivity index (χ2v) is 3.94. The van der Waals surface area contributed by atoms with Gasteiger partial charge in [-0.2, -0.15) is 0 Å². The molecule has 0 saturated carbocycles. The highest BCUT2D eigenvalue weighted by Gasteiger charge is 2.09. The SMILES string of the molecule is C1COCCO1.CC(C)C(=O)C(C)C. The van der Waals surface area contributed by atoms with E-state index in [1.165, 1.54) is 0 Å². The molecule has 14 heavy (non-hydrogen) atoms. The van der Waals surface area contributed by atoms with Crippen molar-refractivity contribution in [2.75, 3.05) is 26.4 Å². The minimum atomic E-state index is 0.204. The predicted molar refractivity (Wildman–Crippen MR) is 56.3 cm³/mol. The molecule has 0 N–H and O–H groups in total. The Morgan fingerprint density at radius 1 is 0.857 bits per heavy atom. The Bertz CT molecular complexity index is 127. The zero-order valence-corrected chi connectivity index (χ0v) is 9.71. The number of ketones is 1. The van der Waals surface area contributed by atoms with Crippen LogP contribution in [0, 0.1) is 11.8 Å². The van der Waals surface area contributed by atoms with Gasteiger partial charge in [-0.15, -0.1) is 0 Å². The number of hydrogen-bond donors (Lipinski definition) is 0. The van der Waals surface area contributed by atoms with E-state index in [0.717, 1.165) is 26.4 Å². The third kappa shape index (κ3) is 7.04. The molecule has 1 aliphatic rings. The zero-order chi connectivity index (χ0) is 11.0. The van der Waals surface area contributed by atoms with Gasteiger partial charge in [-0.3, -0.25) is 4.79 Å². The molecule has 0 aromatic carbocycles. The van der Waals surface area contributed by atoms with E-state index in [9.17, 15) is 4.79 Å². The van der Waals surface area contributed by atoms with Crippen molar-refractivity contribution in [2.24, 2.45) is 11.8 Å². The first-order valence-corrected chi connectivity index (χ1v) is 5.25. The number of hydrogen-bond acceptors (Lipinski definition) is 3. The molecule has 84 valence electrons. The first kappa shape index (κ1) is 13.6. The molecule has 1 saturated heterocycles. The van der Waals surface area contributed by atoms with Gasteiger partial charge >= 0.3 is 0 Å². The molecule has 0 aromatic rings. The summed E-state index contributed by atoms with van der Waals surface area (Å²) >= 11 is 0. The summed E-state index contributed by atoms with van der Waals surface area (Å²) < 4.78 is 9.89. The highest BCUT2D eigenvalue weighted by molar-refractivity contribution is 5.81. The molecular weight excluding hydrogens is 180 g/mol. The molecule has 0 radical (unpaired) electrons. The van der Waals surface area contributed by atoms with Crippen molar-refractivity contribution in [1.29, 1.82) is 0 Å². The quantitative estimate of drug-likeness (QED) is 0.686. The van der Waals surface area contributed by atoms with Gasteiger partial charge in [0.15, 0.2) is 0 Å². The predicted octanol–water partition coefficient (Wildman–Crippen LogP) is 1.90. The second-order valence-electron chi connectivity index (χ2n) is 3.94. The van der Waals surface area contributed by atoms with Crippen LogP contribution in [0.3, 0.4) is 0 Å². The van der Waals surface area contributed by atoms with E-state index in [0.29, 0.717) is 5.78 Å². The fourth-order valence-electron chi connectivity index (χ4n) is 1.11. The van der Waals surface area contributed by atoms with Crippen LogP contribution in [0.15, 0.2) is 0 Å². The number of carbonyl (C=O) groups excluding carboxylic acids is 1. The summed E-state index contributed by atoms with van der Waals surface area (Å²) in [5.74, 6) is 0.759. The van der Waals surface area contributed by atoms with Gasteiger partial charge in [0, 0.05) is 11.8 Å². The molecular formula is C11H22O3. The van der Waals surface area contributed by atoms with E-state index in [1.54, 1.807) is 0 Å². The lowest BCUT2D eigenvalue weighted by atomic mass is 9.99. The molecule has 0 spiro atoms. The molecule has 1 fully saturated rings. The van der Waals surface area contributed by atoms with Gasteiger partial charge in [-0.05, 0) is 0 Å². The molecule has 0 aromatic heterocycles. The summed E-state index contributed by atoms with van der Waals surface area (Å²) in [7, 11) is 0. The van der Waals surface area contributed by atoms with Crippen LogP contribution in [0.1, 0.15) is 27.7 Å². The topological polar surface area (TPSA) is 35.5 Å². The Hall–Kier alpha value is -0.410. The van der Waals surface area contributed by atoms with Crippen LogP contribution in [0.5, 0.6) is 0 Å². The van der Waals surface area contributed by atoms with Gasteiger partial charge in [-0.1, -0.05) is 27.7 Å². The molecule has 0 amide bonds. The number of carbonyl (C=O) groups is 1. The van der Waals surface area contributed by atoms with Crippen LogP contribution in [-0.4, -0.2) is 32.2 Å². The van der Waals surface area contributed by atoms with Crippen molar-refractivity contribution in [3.8, 4) is 0 Å². The van der Waals surface area contributed by atoms with Crippen molar-refractivity contribution in [3.05, 3.63) is 0 Å². The monoisotopic (exact) mass is 202 g/mol. The number of ether oxygens (including phenoxy) is 2. The van der Waals surface area contributed by atoms with Gasteiger partial charge in [-0.25, -0.2) is 0 Å². The Balaban J connectivity index is 0.000000249.